The lowest BCUT2D eigenvalue weighted by atomic mass is 10.0. The Morgan fingerprint density at radius 2 is 1.90 bits per heavy atom. The summed E-state index contributed by atoms with van der Waals surface area (Å²) in [5, 5.41) is 4.53. The number of pyridine rings is 1. The largest absolute Gasteiger partial charge is 0.372 e. The first-order valence-corrected chi connectivity index (χ1v) is 11.0. The van der Waals surface area contributed by atoms with E-state index in [1.807, 2.05) is 24.8 Å². The molecule has 0 bridgehead atoms. The second kappa shape index (κ2) is 8.35. The summed E-state index contributed by atoms with van der Waals surface area (Å²) < 4.78 is 5.80. The van der Waals surface area contributed by atoms with Crippen molar-refractivity contribution in [1.29, 1.82) is 0 Å². The molecule has 2 aromatic heterocycles. The lowest BCUT2D eigenvalue weighted by molar-refractivity contribution is -0.0685. The molecule has 0 radical (unpaired) electrons. The maximum absolute atomic E-state index is 13.1. The van der Waals surface area contributed by atoms with Crippen LogP contribution in [0.3, 0.4) is 0 Å². The molecule has 0 spiro atoms. The van der Waals surface area contributed by atoms with Crippen LogP contribution in [0.15, 0.2) is 24.3 Å². The highest BCUT2D eigenvalue weighted by molar-refractivity contribution is 6.01. The molecule has 0 atom stereocenters. The van der Waals surface area contributed by atoms with E-state index >= 15 is 0 Å². The van der Waals surface area contributed by atoms with Crippen molar-refractivity contribution in [1.82, 2.24) is 14.9 Å². The fourth-order valence-electron chi connectivity index (χ4n) is 4.22. The molecule has 2 N–H and O–H groups in total. The number of carbonyl (C=O) groups excluding carboxylic acids is 1. The molecule has 0 aliphatic carbocycles. The van der Waals surface area contributed by atoms with Crippen LogP contribution < -0.4 is 5.32 Å². The number of hydrogen-bond acceptors (Lipinski definition) is 4. The Labute approximate surface area is 184 Å². The van der Waals surface area contributed by atoms with Gasteiger partial charge < -0.3 is 19.9 Å². The monoisotopic (exact) mass is 420 g/mol. The van der Waals surface area contributed by atoms with Crippen molar-refractivity contribution in [3.05, 3.63) is 57.9 Å². The van der Waals surface area contributed by atoms with Crippen molar-refractivity contribution >= 4 is 22.6 Å². The molecule has 3 heterocycles. The van der Waals surface area contributed by atoms with Crippen LogP contribution in [-0.2, 0) is 11.3 Å². The fourth-order valence-corrected chi connectivity index (χ4v) is 4.22. The minimum absolute atomic E-state index is 0.0427. The molecule has 1 fully saturated rings. The zero-order chi connectivity index (χ0) is 22.3. The first-order chi connectivity index (χ1) is 14.7. The van der Waals surface area contributed by atoms with Crippen LogP contribution >= 0.6 is 0 Å². The van der Waals surface area contributed by atoms with Crippen LogP contribution in [0, 0.1) is 27.7 Å². The van der Waals surface area contributed by atoms with Gasteiger partial charge in [-0.05, 0) is 69.9 Å². The van der Waals surface area contributed by atoms with Crippen LogP contribution in [0.1, 0.15) is 52.3 Å². The number of nitrogens with one attached hydrogen (secondary N) is 2. The highest BCUT2D eigenvalue weighted by Gasteiger charge is 2.33. The third-order valence-corrected chi connectivity index (χ3v) is 6.19. The van der Waals surface area contributed by atoms with Crippen LogP contribution in [0.4, 0.5) is 5.82 Å². The van der Waals surface area contributed by atoms with E-state index in [0.717, 1.165) is 28.0 Å². The maximum Gasteiger partial charge on any atom is 0.272 e. The average Bonchev–Trinajstić information content (AvgIpc) is 2.97. The van der Waals surface area contributed by atoms with Gasteiger partial charge in [-0.2, -0.15) is 0 Å². The number of anilines is 1. The number of fused-ring (bicyclic) bond motifs is 1. The van der Waals surface area contributed by atoms with Crippen molar-refractivity contribution in [3.8, 4) is 0 Å². The molecule has 6 nitrogen and oxygen atoms in total. The van der Waals surface area contributed by atoms with Gasteiger partial charge in [0.2, 0.25) is 0 Å². The predicted molar refractivity (Wildman–Crippen MR) is 125 cm³/mol. The van der Waals surface area contributed by atoms with E-state index in [1.165, 1.54) is 16.7 Å². The highest BCUT2D eigenvalue weighted by Crippen LogP contribution is 2.29. The number of likely N-dealkylation sites (tertiary alicyclic amines) is 1. The maximum atomic E-state index is 13.1. The average molecular weight is 421 g/mol. The Hall–Kier alpha value is -2.86. The standard InChI is InChI=1S/C25H32N4O2/c1-14(2)31-19-12-29(13-19)25(30)22-10-20-17(5)18(6)27-23(20)24(28-22)26-11-21-15(3)8-7-9-16(21)4/h7-10,14,19,27H,11-13H2,1-6H3,(H,26,28). The van der Waals surface area contributed by atoms with Crippen molar-refractivity contribution < 1.29 is 9.53 Å². The lowest BCUT2D eigenvalue weighted by Crippen LogP contribution is -2.55. The van der Waals surface area contributed by atoms with E-state index in [-0.39, 0.29) is 18.1 Å². The third kappa shape index (κ3) is 4.17. The molecule has 4 rings (SSSR count). The number of hydrogen-bond donors (Lipinski definition) is 2. The number of ether oxygens (including phenoxy) is 1. The molecule has 0 unspecified atom stereocenters. The number of aromatic amines is 1. The van der Waals surface area contributed by atoms with Gasteiger partial charge in [0, 0.05) is 30.7 Å². The van der Waals surface area contributed by atoms with Gasteiger partial charge in [0.1, 0.15) is 5.69 Å². The zero-order valence-corrected chi connectivity index (χ0v) is 19.3. The number of carbonyl (C=O) groups is 1. The topological polar surface area (TPSA) is 70.2 Å². The van der Waals surface area contributed by atoms with Gasteiger partial charge in [-0.15, -0.1) is 0 Å². The van der Waals surface area contributed by atoms with E-state index in [2.05, 4.69) is 56.2 Å². The van der Waals surface area contributed by atoms with Gasteiger partial charge in [-0.1, -0.05) is 18.2 Å². The van der Waals surface area contributed by atoms with Crippen LogP contribution in [-0.4, -0.2) is 46.1 Å². The first kappa shape index (κ1) is 21.4. The Bertz CT molecular complexity index is 1110. The van der Waals surface area contributed by atoms with Gasteiger partial charge in [0.25, 0.3) is 5.91 Å². The zero-order valence-electron chi connectivity index (χ0n) is 19.3. The number of aromatic nitrogens is 2. The van der Waals surface area contributed by atoms with Gasteiger partial charge in [-0.25, -0.2) is 4.98 Å². The number of nitrogens with zero attached hydrogens (tertiary/aromatic N) is 2. The molecule has 0 saturated carbocycles. The summed E-state index contributed by atoms with van der Waals surface area (Å²) in [6.45, 7) is 14.3. The van der Waals surface area contributed by atoms with Crippen LogP contribution in [0.5, 0.6) is 0 Å². The second-order valence-electron chi connectivity index (χ2n) is 8.89. The van der Waals surface area contributed by atoms with Crippen molar-refractivity contribution in [2.45, 2.75) is 60.3 Å². The number of rotatable bonds is 6. The van der Waals surface area contributed by atoms with Gasteiger partial charge in [0.15, 0.2) is 5.82 Å². The normalized spacial score (nSPS) is 14.4. The summed E-state index contributed by atoms with van der Waals surface area (Å²) in [7, 11) is 0. The summed E-state index contributed by atoms with van der Waals surface area (Å²) in [6.07, 6.45) is 0.286. The molecule has 1 aliphatic rings. The van der Waals surface area contributed by atoms with E-state index in [1.54, 1.807) is 0 Å². The summed E-state index contributed by atoms with van der Waals surface area (Å²) >= 11 is 0. The molecular formula is C25H32N4O2. The number of benzene rings is 1. The van der Waals surface area contributed by atoms with E-state index in [9.17, 15) is 4.79 Å². The van der Waals surface area contributed by atoms with Gasteiger partial charge in [0.05, 0.1) is 17.7 Å². The lowest BCUT2D eigenvalue weighted by Gasteiger charge is -2.39. The third-order valence-electron chi connectivity index (χ3n) is 6.19. The second-order valence-corrected chi connectivity index (χ2v) is 8.89. The molecule has 1 aliphatic heterocycles. The van der Waals surface area contributed by atoms with E-state index in [4.69, 9.17) is 9.72 Å². The quantitative estimate of drug-likeness (QED) is 0.609. The van der Waals surface area contributed by atoms with Crippen molar-refractivity contribution in [3.63, 3.8) is 0 Å². The molecular weight excluding hydrogens is 388 g/mol. The number of aryl methyl sites for hydroxylation is 4. The first-order valence-electron chi connectivity index (χ1n) is 11.0. The van der Waals surface area contributed by atoms with E-state index in [0.29, 0.717) is 25.3 Å². The highest BCUT2D eigenvalue weighted by atomic mass is 16.5. The summed E-state index contributed by atoms with van der Waals surface area (Å²) in [5.74, 6) is 0.675. The van der Waals surface area contributed by atoms with Crippen LogP contribution in [0.25, 0.3) is 10.9 Å². The fraction of sp³-hybridized carbons (Fsp3) is 0.440. The minimum atomic E-state index is -0.0427. The Kier molecular flexibility index (Phi) is 5.75. The Morgan fingerprint density at radius 3 is 2.55 bits per heavy atom. The minimum Gasteiger partial charge on any atom is -0.372 e. The Morgan fingerprint density at radius 1 is 1.23 bits per heavy atom. The number of amides is 1. The predicted octanol–water partition coefficient (Wildman–Crippen LogP) is 4.66. The Balaban J connectivity index is 1.62. The molecule has 164 valence electrons. The molecule has 1 aromatic carbocycles. The van der Waals surface area contributed by atoms with E-state index < -0.39 is 0 Å². The molecule has 31 heavy (non-hydrogen) atoms. The SMILES string of the molecule is Cc1cccc(C)c1CNc1nc(C(=O)N2CC(OC(C)C)C2)cc2c(C)c(C)[nH]c12. The summed E-state index contributed by atoms with van der Waals surface area (Å²) in [5.41, 5.74) is 7.39. The molecule has 6 heteroatoms. The number of H-pyrrole nitrogens is 1. The summed E-state index contributed by atoms with van der Waals surface area (Å²) in [4.78, 5) is 23.1. The van der Waals surface area contributed by atoms with Crippen molar-refractivity contribution in [2.24, 2.45) is 0 Å². The molecule has 1 amide bonds. The van der Waals surface area contributed by atoms with Crippen LogP contribution in [0.2, 0.25) is 0 Å². The molecule has 1 saturated heterocycles. The van der Waals surface area contributed by atoms with Crippen molar-refractivity contribution in [2.75, 3.05) is 18.4 Å². The van der Waals surface area contributed by atoms with Gasteiger partial charge in [-0.3, -0.25) is 4.79 Å². The smallest absolute Gasteiger partial charge is 0.272 e. The molecule has 3 aromatic rings. The van der Waals surface area contributed by atoms with Gasteiger partial charge >= 0.3 is 0 Å². The summed E-state index contributed by atoms with van der Waals surface area (Å²) in [6, 6.07) is 8.23.